The van der Waals surface area contributed by atoms with Gasteiger partial charge in [-0.25, -0.2) is 8.97 Å². The van der Waals surface area contributed by atoms with Crippen molar-refractivity contribution in [3.63, 3.8) is 0 Å². The Balaban J connectivity index is 2.72. The summed E-state index contributed by atoms with van der Waals surface area (Å²) in [6, 6.07) is 1.45. The average molecular weight is 327 g/mol. The van der Waals surface area contributed by atoms with Crippen LogP contribution in [0.5, 0.6) is 0 Å². The fraction of sp³-hybridized carbons (Fsp3) is 1.00. The van der Waals surface area contributed by atoms with Crippen LogP contribution in [0.3, 0.4) is 0 Å². The second-order valence-electron chi connectivity index (χ2n) is 8.03. The third kappa shape index (κ3) is 2.18. The first kappa shape index (κ1) is 19.2. The molecule has 0 aliphatic carbocycles. The Morgan fingerprint density at radius 2 is 1.57 bits per heavy atom. The summed E-state index contributed by atoms with van der Waals surface area (Å²) in [5.74, 6) is 0.119. The molecule has 5 atom stereocenters. The number of likely N-dealkylation sites (N-methyl/N-ethyl adjacent to an activating group) is 4. The van der Waals surface area contributed by atoms with E-state index >= 15 is 0 Å². The van der Waals surface area contributed by atoms with Gasteiger partial charge in [0.25, 0.3) is 0 Å². The molecule has 2 rings (SSSR count). The van der Waals surface area contributed by atoms with E-state index in [2.05, 4.69) is 65.4 Å². The minimum absolute atomic E-state index is 0.119. The van der Waals surface area contributed by atoms with Gasteiger partial charge in [0, 0.05) is 13.1 Å². The van der Waals surface area contributed by atoms with Crippen molar-refractivity contribution in [1.29, 1.82) is 0 Å². The summed E-state index contributed by atoms with van der Waals surface area (Å²) in [5.41, 5.74) is 0. The number of quaternary nitrogens is 2. The van der Waals surface area contributed by atoms with Crippen molar-refractivity contribution < 1.29 is 8.97 Å². The van der Waals surface area contributed by atoms with Crippen LogP contribution in [-0.4, -0.2) is 90.1 Å². The van der Waals surface area contributed by atoms with Crippen LogP contribution >= 0.6 is 0 Å². The molecule has 4 heteroatoms. The highest BCUT2D eigenvalue weighted by atomic mass is 15.9. The maximum Gasteiger partial charge on any atom is 0.356 e. The van der Waals surface area contributed by atoms with Crippen molar-refractivity contribution in [2.45, 2.75) is 72.4 Å². The van der Waals surface area contributed by atoms with Crippen LogP contribution in [0, 0.1) is 0 Å². The summed E-state index contributed by atoms with van der Waals surface area (Å²) in [6.07, 6.45) is 2.54. The number of nitrogens with zero attached hydrogens (tertiary/aromatic N) is 4. The lowest BCUT2D eigenvalue weighted by atomic mass is 10.1. The van der Waals surface area contributed by atoms with Crippen molar-refractivity contribution in [2.75, 3.05) is 53.4 Å². The van der Waals surface area contributed by atoms with E-state index in [-0.39, 0.29) is 5.91 Å². The van der Waals surface area contributed by atoms with E-state index in [1.165, 1.54) is 48.0 Å². The van der Waals surface area contributed by atoms with Crippen LogP contribution in [0.2, 0.25) is 0 Å². The highest BCUT2D eigenvalue weighted by molar-refractivity contribution is 4.93. The number of rotatable bonds is 6. The second kappa shape index (κ2) is 6.62. The van der Waals surface area contributed by atoms with E-state index < -0.39 is 0 Å². The zero-order chi connectivity index (χ0) is 17.5. The van der Waals surface area contributed by atoms with Crippen LogP contribution < -0.4 is 0 Å². The molecule has 3 unspecified atom stereocenters. The van der Waals surface area contributed by atoms with Crippen molar-refractivity contribution in [3.8, 4) is 0 Å². The van der Waals surface area contributed by atoms with Gasteiger partial charge in [-0.3, -0.25) is 0 Å². The minimum atomic E-state index is 0.119. The summed E-state index contributed by atoms with van der Waals surface area (Å²) >= 11 is 0. The molecule has 2 saturated heterocycles. The first-order valence-electron chi connectivity index (χ1n) is 10.1. The Hall–Kier alpha value is -0.160. The first-order chi connectivity index (χ1) is 10.9. The van der Waals surface area contributed by atoms with Crippen LogP contribution in [-0.2, 0) is 0 Å². The maximum atomic E-state index is 2.89. The standard InChI is InChI=1S/C19H42N4/c1-9-17-16-22(7,13-5)19(21(17)12-4)20(11-3)15-18(10-2)23(19,8)14-6/h17-18H,9-16H2,1-8H3/q+2/t17?,18?,19?,22-,23-/m1/s1. The molecule has 23 heavy (non-hydrogen) atoms. The van der Waals surface area contributed by atoms with Gasteiger partial charge < -0.3 is 0 Å². The normalized spacial score (nSPS) is 45.4. The van der Waals surface area contributed by atoms with Crippen LogP contribution in [0.4, 0.5) is 0 Å². The Labute approximate surface area is 145 Å². The maximum absolute atomic E-state index is 2.89. The zero-order valence-corrected chi connectivity index (χ0v) is 17.1. The molecule has 0 saturated carbocycles. The topological polar surface area (TPSA) is 6.48 Å². The Morgan fingerprint density at radius 3 is 1.96 bits per heavy atom. The highest BCUT2D eigenvalue weighted by Gasteiger charge is 2.77. The Kier molecular flexibility index (Phi) is 5.52. The fourth-order valence-corrected chi connectivity index (χ4v) is 6.24. The average Bonchev–Trinajstić information content (AvgIpc) is 2.99. The van der Waals surface area contributed by atoms with Crippen LogP contribution in [0.1, 0.15) is 54.4 Å². The van der Waals surface area contributed by atoms with Gasteiger partial charge in [-0.15, -0.1) is 0 Å². The highest BCUT2D eigenvalue weighted by Crippen LogP contribution is 2.51. The smallest absolute Gasteiger partial charge is 0.244 e. The minimum Gasteiger partial charge on any atom is -0.244 e. The molecule has 0 radical (unpaired) electrons. The van der Waals surface area contributed by atoms with E-state index in [4.69, 9.17) is 0 Å². The Morgan fingerprint density at radius 1 is 0.913 bits per heavy atom. The molecular weight excluding hydrogens is 284 g/mol. The van der Waals surface area contributed by atoms with Gasteiger partial charge in [-0.1, -0.05) is 27.7 Å². The Bertz CT molecular complexity index is 414. The van der Waals surface area contributed by atoms with E-state index in [0.717, 1.165) is 19.1 Å². The lowest BCUT2D eigenvalue weighted by Gasteiger charge is -2.56. The molecule has 2 aliphatic heterocycles. The molecule has 0 bridgehead atoms. The summed E-state index contributed by atoms with van der Waals surface area (Å²) < 4.78 is 2.36. The van der Waals surface area contributed by atoms with Gasteiger partial charge in [0.1, 0.15) is 12.6 Å². The van der Waals surface area contributed by atoms with E-state index in [1.54, 1.807) is 0 Å². The number of hydrogen-bond donors (Lipinski definition) is 0. The van der Waals surface area contributed by atoms with E-state index in [0.29, 0.717) is 6.04 Å². The van der Waals surface area contributed by atoms with Crippen molar-refractivity contribution in [3.05, 3.63) is 0 Å². The largest absolute Gasteiger partial charge is 0.356 e. The van der Waals surface area contributed by atoms with E-state index in [1.807, 2.05) is 0 Å². The molecule has 0 aromatic carbocycles. The summed E-state index contributed by atoms with van der Waals surface area (Å²) in [4.78, 5) is 5.73. The molecule has 0 aromatic heterocycles. The molecule has 4 nitrogen and oxygen atoms in total. The van der Waals surface area contributed by atoms with Crippen molar-refractivity contribution in [2.24, 2.45) is 0 Å². The number of hydrogen-bond acceptors (Lipinski definition) is 2. The lowest BCUT2D eigenvalue weighted by molar-refractivity contribution is -1.17. The molecule has 2 heterocycles. The third-order valence-corrected chi connectivity index (χ3v) is 7.53. The van der Waals surface area contributed by atoms with Crippen LogP contribution in [0.15, 0.2) is 0 Å². The van der Waals surface area contributed by atoms with E-state index in [9.17, 15) is 0 Å². The summed E-state index contributed by atoms with van der Waals surface area (Å²) in [7, 11) is 5.09. The van der Waals surface area contributed by atoms with Crippen molar-refractivity contribution in [1.82, 2.24) is 9.80 Å². The molecule has 0 aromatic rings. The van der Waals surface area contributed by atoms with Crippen LogP contribution in [0.25, 0.3) is 0 Å². The SMILES string of the molecule is CCC1C[N@@+](C)(CC)C2(N(CC)CC(CC)[N@@+]2(C)CC)N1CC. The monoisotopic (exact) mass is 326 g/mol. The molecular formula is C19H42N4+2. The summed E-state index contributed by atoms with van der Waals surface area (Å²) in [5, 5.41) is 0. The quantitative estimate of drug-likeness (QED) is 0.693. The molecule has 1 spiro atoms. The molecule has 0 N–H and O–H groups in total. The lowest BCUT2D eigenvalue weighted by Crippen LogP contribution is -2.82. The molecule has 136 valence electrons. The molecule has 2 aliphatic rings. The summed E-state index contributed by atoms with van der Waals surface area (Å²) in [6.45, 7) is 21.6. The fourth-order valence-electron chi connectivity index (χ4n) is 6.24. The first-order valence-corrected chi connectivity index (χ1v) is 10.1. The predicted molar refractivity (Wildman–Crippen MR) is 98.8 cm³/mol. The van der Waals surface area contributed by atoms with Crippen molar-refractivity contribution >= 4 is 0 Å². The third-order valence-electron chi connectivity index (χ3n) is 7.53. The second-order valence-corrected chi connectivity index (χ2v) is 8.03. The molecule has 0 amide bonds. The molecule has 2 fully saturated rings. The van der Waals surface area contributed by atoms with Gasteiger partial charge in [-0.05, 0) is 26.7 Å². The van der Waals surface area contributed by atoms with Gasteiger partial charge in [-0.2, -0.15) is 9.80 Å². The van der Waals surface area contributed by atoms with Gasteiger partial charge in [0.05, 0.1) is 39.8 Å². The van der Waals surface area contributed by atoms with Gasteiger partial charge in [0.15, 0.2) is 0 Å². The van der Waals surface area contributed by atoms with Gasteiger partial charge >= 0.3 is 5.91 Å². The van der Waals surface area contributed by atoms with Gasteiger partial charge in [0.2, 0.25) is 0 Å². The predicted octanol–water partition coefficient (Wildman–Crippen LogP) is 2.76. The zero-order valence-electron chi connectivity index (χ0n) is 17.1.